The van der Waals surface area contributed by atoms with E-state index in [9.17, 15) is 9.90 Å². The molecule has 0 aliphatic carbocycles. The normalized spacial score (nSPS) is 11.3. The Morgan fingerprint density at radius 3 is 2.48 bits per heavy atom. The summed E-state index contributed by atoms with van der Waals surface area (Å²) in [6, 6.07) is 0. The molecule has 0 aliphatic heterocycles. The predicted octanol–water partition coefficient (Wildman–Crippen LogP) is 2.64. The number of aromatic nitrogens is 4. The summed E-state index contributed by atoms with van der Waals surface area (Å²) in [7, 11) is 1.85. The number of carbonyl (C=O) groups is 1. The first-order chi connectivity index (χ1) is 9.81. The lowest BCUT2D eigenvalue weighted by Crippen LogP contribution is -2.02. The summed E-state index contributed by atoms with van der Waals surface area (Å²) in [6.45, 7) is 8.79. The summed E-state index contributed by atoms with van der Waals surface area (Å²) < 4.78 is 3.48. The van der Waals surface area contributed by atoms with Crippen LogP contribution < -0.4 is 0 Å². The van der Waals surface area contributed by atoms with E-state index in [1.165, 1.54) is 0 Å². The molecule has 2 rings (SSSR count). The lowest BCUT2D eigenvalue weighted by atomic mass is 10.1. The highest BCUT2D eigenvalue weighted by atomic mass is 16.4. The molecule has 0 bridgehead atoms. The smallest absolute Gasteiger partial charge is 0.339 e. The molecule has 2 aromatic heterocycles. The number of hydrogen-bond acceptors (Lipinski definition) is 3. The number of rotatable bonds is 5. The van der Waals surface area contributed by atoms with Gasteiger partial charge in [-0.25, -0.2) is 4.79 Å². The fraction of sp³-hybridized carbons (Fsp3) is 0.533. The lowest BCUT2D eigenvalue weighted by molar-refractivity contribution is 0.0697. The van der Waals surface area contributed by atoms with Gasteiger partial charge in [-0.15, -0.1) is 0 Å². The molecule has 0 spiro atoms. The molecule has 0 saturated heterocycles. The van der Waals surface area contributed by atoms with Crippen LogP contribution in [0.15, 0.2) is 6.20 Å². The topological polar surface area (TPSA) is 72.9 Å². The molecule has 2 heterocycles. The minimum Gasteiger partial charge on any atom is -0.478 e. The summed E-state index contributed by atoms with van der Waals surface area (Å²) >= 11 is 0. The van der Waals surface area contributed by atoms with Crippen molar-refractivity contribution < 1.29 is 9.90 Å². The summed E-state index contributed by atoms with van der Waals surface area (Å²) in [4.78, 5) is 11.5. The van der Waals surface area contributed by atoms with Crippen LogP contribution in [0.1, 0.15) is 42.0 Å². The van der Waals surface area contributed by atoms with Gasteiger partial charge >= 0.3 is 5.97 Å². The van der Waals surface area contributed by atoms with Gasteiger partial charge in [0.25, 0.3) is 0 Å². The van der Waals surface area contributed by atoms with Gasteiger partial charge < -0.3 is 5.11 Å². The van der Waals surface area contributed by atoms with Crippen LogP contribution in [0.2, 0.25) is 0 Å². The minimum absolute atomic E-state index is 0.234. The molecular weight excluding hydrogens is 268 g/mol. The van der Waals surface area contributed by atoms with Gasteiger partial charge in [0, 0.05) is 31.0 Å². The third kappa shape index (κ3) is 2.99. The van der Waals surface area contributed by atoms with Crippen molar-refractivity contribution in [1.29, 1.82) is 0 Å². The molecule has 0 saturated carbocycles. The van der Waals surface area contributed by atoms with E-state index in [1.807, 2.05) is 20.9 Å². The average Bonchev–Trinajstić information content (AvgIpc) is 2.89. The molecule has 0 aromatic carbocycles. The summed E-state index contributed by atoms with van der Waals surface area (Å²) in [6.07, 6.45) is 2.58. The van der Waals surface area contributed by atoms with Gasteiger partial charge in [-0.1, -0.05) is 13.8 Å². The Bertz CT molecular complexity index is 668. The van der Waals surface area contributed by atoms with Crippen LogP contribution in [-0.2, 0) is 13.6 Å². The van der Waals surface area contributed by atoms with Crippen molar-refractivity contribution in [3.63, 3.8) is 0 Å². The molecule has 114 valence electrons. The van der Waals surface area contributed by atoms with Crippen molar-refractivity contribution in [1.82, 2.24) is 19.6 Å². The van der Waals surface area contributed by atoms with Gasteiger partial charge in [-0.05, 0) is 26.2 Å². The third-order valence-corrected chi connectivity index (χ3v) is 3.67. The zero-order valence-corrected chi connectivity index (χ0v) is 13.2. The van der Waals surface area contributed by atoms with Crippen molar-refractivity contribution in [2.75, 3.05) is 0 Å². The van der Waals surface area contributed by atoms with Crippen LogP contribution in [0.5, 0.6) is 0 Å². The molecule has 2 aromatic rings. The number of hydrogen-bond donors (Lipinski definition) is 1. The Morgan fingerprint density at radius 2 is 2.00 bits per heavy atom. The van der Waals surface area contributed by atoms with Crippen molar-refractivity contribution in [3.05, 3.63) is 23.1 Å². The molecule has 6 heteroatoms. The Balaban J connectivity index is 2.49. The fourth-order valence-electron chi connectivity index (χ4n) is 2.38. The zero-order chi connectivity index (χ0) is 15.7. The van der Waals surface area contributed by atoms with Crippen LogP contribution in [0, 0.1) is 19.8 Å². The monoisotopic (exact) mass is 290 g/mol. The van der Waals surface area contributed by atoms with Gasteiger partial charge in [0.15, 0.2) is 0 Å². The maximum atomic E-state index is 11.5. The zero-order valence-electron chi connectivity index (χ0n) is 13.2. The van der Waals surface area contributed by atoms with E-state index in [-0.39, 0.29) is 5.56 Å². The highest BCUT2D eigenvalue weighted by molar-refractivity contribution is 5.95. The molecule has 0 radical (unpaired) electrons. The van der Waals surface area contributed by atoms with Crippen molar-refractivity contribution in [3.8, 4) is 11.3 Å². The number of aromatic carboxylic acids is 1. The highest BCUT2D eigenvalue weighted by Crippen LogP contribution is 2.28. The molecule has 0 amide bonds. The van der Waals surface area contributed by atoms with E-state index in [1.54, 1.807) is 15.6 Å². The fourth-order valence-corrected chi connectivity index (χ4v) is 2.38. The van der Waals surface area contributed by atoms with Crippen LogP contribution in [0.4, 0.5) is 0 Å². The van der Waals surface area contributed by atoms with Crippen molar-refractivity contribution in [2.45, 2.75) is 40.7 Å². The Hall–Kier alpha value is -2.11. The second-order valence-electron chi connectivity index (χ2n) is 5.81. The first kappa shape index (κ1) is 15.3. The SMILES string of the molecule is Cc1nn(C)c(C)c1-c1nn(CCC(C)C)cc1C(=O)O. The van der Waals surface area contributed by atoms with Crippen LogP contribution >= 0.6 is 0 Å². The standard InChI is InChI=1S/C15H22N4O2/c1-9(2)6-7-19-8-12(15(20)21)14(17-19)13-10(3)16-18(5)11(13)4/h8-9H,6-7H2,1-5H3,(H,20,21). The second-order valence-corrected chi connectivity index (χ2v) is 5.81. The number of nitrogens with zero attached hydrogens (tertiary/aromatic N) is 4. The van der Waals surface area contributed by atoms with Crippen LogP contribution in [-0.4, -0.2) is 30.6 Å². The molecule has 6 nitrogen and oxygen atoms in total. The lowest BCUT2D eigenvalue weighted by Gasteiger charge is -2.04. The molecule has 1 N–H and O–H groups in total. The second kappa shape index (κ2) is 5.71. The van der Waals surface area contributed by atoms with E-state index in [2.05, 4.69) is 24.0 Å². The molecule has 0 unspecified atom stereocenters. The van der Waals surface area contributed by atoms with Gasteiger partial charge in [0.2, 0.25) is 0 Å². The molecule has 0 fully saturated rings. The number of carboxylic acid groups (broad SMARTS) is 1. The van der Waals surface area contributed by atoms with Crippen molar-refractivity contribution >= 4 is 5.97 Å². The number of aryl methyl sites for hydroxylation is 3. The number of carboxylic acids is 1. The van der Waals surface area contributed by atoms with Crippen LogP contribution in [0.25, 0.3) is 11.3 Å². The van der Waals surface area contributed by atoms with E-state index in [0.29, 0.717) is 11.6 Å². The maximum absolute atomic E-state index is 11.5. The largest absolute Gasteiger partial charge is 0.478 e. The first-order valence-corrected chi connectivity index (χ1v) is 7.12. The Kier molecular flexibility index (Phi) is 4.16. The Morgan fingerprint density at radius 1 is 1.33 bits per heavy atom. The van der Waals surface area contributed by atoms with Gasteiger partial charge in [0.1, 0.15) is 11.3 Å². The summed E-state index contributed by atoms with van der Waals surface area (Å²) in [5, 5.41) is 18.3. The minimum atomic E-state index is -0.955. The van der Waals surface area contributed by atoms with Gasteiger partial charge in [-0.2, -0.15) is 10.2 Å². The quantitative estimate of drug-likeness (QED) is 0.918. The van der Waals surface area contributed by atoms with E-state index >= 15 is 0 Å². The first-order valence-electron chi connectivity index (χ1n) is 7.12. The predicted molar refractivity (Wildman–Crippen MR) is 80.3 cm³/mol. The van der Waals surface area contributed by atoms with Crippen LogP contribution in [0.3, 0.4) is 0 Å². The van der Waals surface area contributed by atoms with E-state index in [0.717, 1.165) is 29.9 Å². The highest BCUT2D eigenvalue weighted by Gasteiger charge is 2.22. The molecular formula is C15H22N4O2. The summed E-state index contributed by atoms with van der Waals surface area (Å²) in [5.41, 5.74) is 3.28. The summed E-state index contributed by atoms with van der Waals surface area (Å²) in [5.74, 6) is -0.406. The molecule has 0 atom stereocenters. The average molecular weight is 290 g/mol. The molecule has 21 heavy (non-hydrogen) atoms. The Labute approximate surface area is 124 Å². The van der Waals surface area contributed by atoms with E-state index < -0.39 is 5.97 Å². The maximum Gasteiger partial charge on any atom is 0.339 e. The van der Waals surface area contributed by atoms with E-state index in [4.69, 9.17) is 0 Å². The van der Waals surface area contributed by atoms with Gasteiger partial charge in [-0.3, -0.25) is 9.36 Å². The third-order valence-electron chi connectivity index (χ3n) is 3.67. The molecule has 0 aliphatic rings. The van der Waals surface area contributed by atoms with Gasteiger partial charge in [0.05, 0.1) is 5.69 Å². The van der Waals surface area contributed by atoms with Crippen molar-refractivity contribution in [2.24, 2.45) is 13.0 Å².